The van der Waals surface area contributed by atoms with Gasteiger partial charge in [-0.05, 0) is 60.5 Å². The Morgan fingerprint density at radius 2 is 1.65 bits per heavy atom. The third kappa shape index (κ3) is 5.34. The van der Waals surface area contributed by atoms with Crippen LogP contribution in [0.5, 0.6) is 17.2 Å². The lowest BCUT2D eigenvalue weighted by Crippen LogP contribution is -2.48. The molecule has 160 valence electrons. The molecule has 1 amide bonds. The normalized spacial score (nSPS) is 13.8. The number of ether oxygens (including phenoxy) is 1. The summed E-state index contributed by atoms with van der Waals surface area (Å²) in [6, 6.07) is 20.8. The van der Waals surface area contributed by atoms with Crippen LogP contribution >= 0.6 is 0 Å². The molecular formula is C25H25FN2O3. The Kier molecular flexibility index (Phi) is 6.36. The van der Waals surface area contributed by atoms with Gasteiger partial charge in [0.15, 0.2) is 0 Å². The Balaban J connectivity index is 1.28. The van der Waals surface area contributed by atoms with E-state index < -0.39 is 0 Å². The van der Waals surface area contributed by atoms with E-state index in [4.69, 9.17) is 4.74 Å². The predicted octanol–water partition coefficient (Wildman–Crippen LogP) is 4.61. The molecule has 0 bridgehead atoms. The van der Waals surface area contributed by atoms with Crippen molar-refractivity contribution in [2.24, 2.45) is 0 Å². The molecule has 0 spiro atoms. The van der Waals surface area contributed by atoms with Gasteiger partial charge in [-0.3, -0.25) is 4.79 Å². The fourth-order valence-corrected chi connectivity index (χ4v) is 3.74. The maximum Gasteiger partial charge on any atom is 0.223 e. The van der Waals surface area contributed by atoms with Crippen LogP contribution < -0.4 is 9.64 Å². The standard InChI is InChI=1S/C25H25FN2O3/c26-20-9-11-21(12-10-20)31-22-5-3-4-19(18-22)8-13-25(30)28-16-14-27(15-17-28)23-6-1-2-7-24(23)29/h1-7,9-12,18,29H,8,13-17H2. The van der Waals surface area contributed by atoms with E-state index in [1.165, 1.54) is 12.1 Å². The summed E-state index contributed by atoms with van der Waals surface area (Å²) in [7, 11) is 0. The summed E-state index contributed by atoms with van der Waals surface area (Å²) >= 11 is 0. The third-order valence-corrected chi connectivity index (χ3v) is 5.43. The first kappa shape index (κ1) is 20.7. The number of halogens is 1. The fourth-order valence-electron chi connectivity index (χ4n) is 3.74. The number of hydrogen-bond acceptors (Lipinski definition) is 4. The van der Waals surface area contributed by atoms with Crippen LogP contribution in [-0.4, -0.2) is 42.1 Å². The Bertz CT molecular complexity index is 1030. The molecule has 5 nitrogen and oxygen atoms in total. The monoisotopic (exact) mass is 420 g/mol. The number of piperazine rings is 1. The summed E-state index contributed by atoms with van der Waals surface area (Å²) in [4.78, 5) is 16.7. The van der Waals surface area contributed by atoms with Crippen molar-refractivity contribution in [2.45, 2.75) is 12.8 Å². The summed E-state index contributed by atoms with van der Waals surface area (Å²) in [6.07, 6.45) is 1.05. The minimum atomic E-state index is -0.305. The van der Waals surface area contributed by atoms with Gasteiger partial charge in [-0.2, -0.15) is 0 Å². The number of rotatable bonds is 6. The fraction of sp³-hybridized carbons (Fsp3) is 0.240. The summed E-state index contributed by atoms with van der Waals surface area (Å²) in [5, 5.41) is 10.0. The number of hydrogen-bond donors (Lipinski definition) is 1. The predicted molar refractivity (Wildman–Crippen MR) is 118 cm³/mol. The van der Waals surface area contributed by atoms with Crippen molar-refractivity contribution < 1.29 is 19.0 Å². The van der Waals surface area contributed by atoms with Crippen LogP contribution in [0.3, 0.4) is 0 Å². The van der Waals surface area contributed by atoms with Gasteiger partial charge in [0.2, 0.25) is 5.91 Å². The highest BCUT2D eigenvalue weighted by atomic mass is 19.1. The molecule has 1 aliphatic heterocycles. The van der Waals surface area contributed by atoms with Crippen LogP contribution in [0.4, 0.5) is 10.1 Å². The number of para-hydroxylation sites is 2. The number of amides is 1. The zero-order valence-corrected chi connectivity index (χ0v) is 17.2. The van der Waals surface area contributed by atoms with E-state index in [9.17, 15) is 14.3 Å². The Morgan fingerprint density at radius 1 is 0.903 bits per heavy atom. The minimum Gasteiger partial charge on any atom is -0.506 e. The highest BCUT2D eigenvalue weighted by Crippen LogP contribution is 2.27. The van der Waals surface area contributed by atoms with Crippen LogP contribution in [-0.2, 0) is 11.2 Å². The van der Waals surface area contributed by atoms with Crippen LogP contribution in [0.25, 0.3) is 0 Å². The highest BCUT2D eigenvalue weighted by Gasteiger charge is 2.22. The van der Waals surface area contributed by atoms with Crippen molar-refractivity contribution >= 4 is 11.6 Å². The van der Waals surface area contributed by atoms with Crippen LogP contribution in [0, 0.1) is 5.82 Å². The number of aromatic hydroxyl groups is 1. The summed E-state index contributed by atoms with van der Waals surface area (Å²) in [6.45, 7) is 2.68. The number of carbonyl (C=O) groups excluding carboxylic acids is 1. The van der Waals surface area contributed by atoms with Crippen LogP contribution in [0.1, 0.15) is 12.0 Å². The third-order valence-electron chi connectivity index (χ3n) is 5.43. The lowest BCUT2D eigenvalue weighted by atomic mass is 10.1. The van der Waals surface area contributed by atoms with Gasteiger partial charge in [-0.15, -0.1) is 0 Å². The van der Waals surface area contributed by atoms with Crippen molar-refractivity contribution in [2.75, 3.05) is 31.1 Å². The molecule has 3 aromatic carbocycles. The van der Waals surface area contributed by atoms with Gasteiger partial charge in [0.25, 0.3) is 0 Å². The number of phenolic OH excluding ortho intramolecular Hbond substituents is 1. The largest absolute Gasteiger partial charge is 0.506 e. The van der Waals surface area contributed by atoms with E-state index >= 15 is 0 Å². The zero-order chi connectivity index (χ0) is 21.6. The van der Waals surface area contributed by atoms with E-state index in [0.29, 0.717) is 50.5 Å². The molecule has 1 N–H and O–H groups in total. The molecule has 1 heterocycles. The Labute approximate surface area is 181 Å². The van der Waals surface area contributed by atoms with Gasteiger partial charge >= 0.3 is 0 Å². The Morgan fingerprint density at radius 3 is 2.39 bits per heavy atom. The molecule has 31 heavy (non-hydrogen) atoms. The zero-order valence-electron chi connectivity index (χ0n) is 17.2. The van der Waals surface area contributed by atoms with Crippen molar-refractivity contribution in [3.8, 4) is 17.2 Å². The highest BCUT2D eigenvalue weighted by molar-refractivity contribution is 5.77. The first-order chi connectivity index (χ1) is 15.1. The second-order valence-corrected chi connectivity index (χ2v) is 7.56. The lowest BCUT2D eigenvalue weighted by Gasteiger charge is -2.36. The van der Waals surface area contributed by atoms with Gasteiger partial charge in [0.05, 0.1) is 5.69 Å². The van der Waals surface area contributed by atoms with Crippen LogP contribution in [0.15, 0.2) is 72.8 Å². The van der Waals surface area contributed by atoms with E-state index in [-0.39, 0.29) is 17.5 Å². The average Bonchev–Trinajstić information content (AvgIpc) is 2.80. The van der Waals surface area contributed by atoms with Crippen molar-refractivity contribution in [3.05, 3.63) is 84.2 Å². The van der Waals surface area contributed by atoms with E-state index in [1.54, 1.807) is 24.3 Å². The molecule has 1 saturated heterocycles. The van der Waals surface area contributed by atoms with Crippen molar-refractivity contribution in [1.29, 1.82) is 0 Å². The van der Waals surface area contributed by atoms with Gasteiger partial charge < -0.3 is 19.6 Å². The van der Waals surface area contributed by atoms with E-state index in [1.807, 2.05) is 41.3 Å². The quantitative estimate of drug-likeness (QED) is 0.633. The minimum absolute atomic E-state index is 0.127. The molecule has 4 rings (SSSR count). The molecule has 6 heteroatoms. The first-order valence-corrected chi connectivity index (χ1v) is 10.4. The van der Waals surface area contributed by atoms with Gasteiger partial charge in [0, 0.05) is 32.6 Å². The summed E-state index contributed by atoms with van der Waals surface area (Å²) in [5.74, 6) is 1.32. The number of aryl methyl sites for hydroxylation is 1. The number of nitrogens with zero attached hydrogens (tertiary/aromatic N) is 2. The molecule has 1 fully saturated rings. The molecule has 0 saturated carbocycles. The molecule has 0 atom stereocenters. The van der Waals surface area contributed by atoms with Crippen molar-refractivity contribution in [1.82, 2.24) is 4.90 Å². The number of anilines is 1. The molecule has 0 radical (unpaired) electrons. The maximum atomic E-state index is 13.0. The first-order valence-electron chi connectivity index (χ1n) is 10.4. The lowest BCUT2D eigenvalue weighted by molar-refractivity contribution is -0.131. The second-order valence-electron chi connectivity index (χ2n) is 7.56. The van der Waals surface area contributed by atoms with Gasteiger partial charge in [-0.1, -0.05) is 24.3 Å². The van der Waals surface area contributed by atoms with Gasteiger partial charge in [0.1, 0.15) is 23.1 Å². The Hall–Kier alpha value is -3.54. The summed E-state index contributed by atoms with van der Waals surface area (Å²) in [5.41, 5.74) is 1.83. The SMILES string of the molecule is O=C(CCc1cccc(Oc2ccc(F)cc2)c1)N1CCN(c2ccccc2O)CC1. The van der Waals surface area contributed by atoms with E-state index in [0.717, 1.165) is 11.3 Å². The average molecular weight is 420 g/mol. The summed E-state index contributed by atoms with van der Waals surface area (Å²) < 4.78 is 18.8. The maximum absolute atomic E-state index is 13.0. The molecule has 0 unspecified atom stereocenters. The molecule has 1 aliphatic rings. The van der Waals surface area contributed by atoms with Crippen LogP contribution in [0.2, 0.25) is 0 Å². The van der Waals surface area contributed by atoms with E-state index in [2.05, 4.69) is 4.90 Å². The number of benzene rings is 3. The number of carbonyl (C=O) groups is 1. The topological polar surface area (TPSA) is 53.0 Å². The molecular weight excluding hydrogens is 395 g/mol. The smallest absolute Gasteiger partial charge is 0.223 e. The molecule has 0 aromatic heterocycles. The molecule has 3 aromatic rings. The number of phenols is 1. The van der Waals surface area contributed by atoms with Crippen molar-refractivity contribution in [3.63, 3.8) is 0 Å². The van der Waals surface area contributed by atoms with Gasteiger partial charge in [-0.25, -0.2) is 4.39 Å². The second kappa shape index (κ2) is 9.51. The molecule has 0 aliphatic carbocycles.